The second-order valence-corrected chi connectivity index (χ2v) is 27.6. The minimum atomic E-state index is 0.0880. The van der Waals surface area contributed by atoms with Crippen molar-refractivity contribution in [3.8, 4) is 0 Å². The zero-order chi connectivity index (χ0) is 57.4. The molecule has 81 heavy (non-hydrogen) atoms. The van der Waals surface area contributed by atoms with Crippen molar-refractivity contribution in [2.45, 2.75) is 271 Å². The molecule has 0 saturated heterocycles. The zero-order valence-electron chi connectivity index (χ0n) is 52.6. The fourth-order valence-electron chi connectivity index (χ4n) is 15.6. The summed E-state index contributed by atoms with van der Waals surface area (Å²) < 4.78 is 13.4. The molecule has 0 spiro atoms. The minimum Gasteiger partial charge on any atom is -0.501 e. The van der Waals surface area contributed by atoms with Crippen molar-refractivity contribution in [1.82, 2.24) is 0 Å². The third-order valence-electron chi connectivity index (χ3n) is 20.1. The number of thioether (sulfide) groups is 1. The number of thiophene rings is 1. The summed E-state index contributed by atoms with van der Waals surface area (Å²) in [4.78, 5) is 4.54. The molecular formula is C77H108O2S2. The normalized spacial score (nSPS) is 20.2. The van der Waals surface area contributed by atoms with E-state index in [1.165, 1.54) is 194 Å². The van der Waals surface area contributed by atoms with Crippen LogP contribution in [0.15, 0.2) is 140 Å². The molecule has 4 aliphatic carbocycles. The third kappa shape index (κ3) is 14.2. The fraction of sp³-hybridized carbons (Fsp3) is 0.584. The minimum absolute atomic E-state index is 0.0880. The van der Waals surface area contributed by atoms with Crippen molar-refractivity contribution >= 4 is 39.6 Å². The lowest BCUT2D eigenvalue weighted by Crippen LogP contribution is -2.27. The lowest BCUT2D eigenvalue weighted by Gasteiger charge is -2.38. The van der Waals surface area contributed by atoms with Crippen LogP contribution in [0.4, 0.5) is 0 Å². The molecule has 0 N–H and O–H groups in total. The SMILES string of the molecule is C=C/C=C\CCCCCC1=C(CC)C2CC(OC)=C(CC/C(=C\CC)C3=CC[C@H](c4ccc(C(C)CCc5oc6cc7c(cc6c5C)C(CCCC)(CCCC)C(CCC5=CCCCC5)=C7C=C)s4)S3)C=C2C1(CCCC)CCCC. The first kappa shape index (κ1) is 63.0. The maximum Gasteiger partial charge on any atom is 0.135 e. The predicted octanol–water partition coefficient (Wildman–Crippen LogP) is 25.2. The van der Waals surface area contributed by atoms with Crippen LogP contribution in [0.1, 0.15) is 284 Å². The molecule has 8 rings (SSSR count). The number of furan rings is 1. The van der Waals surface area contributed by atoms with Crippen LogP contribution < -0.4 is 0 Å². The highest BCUT2D eigenvalue weighted by Gasteiger charge is 2.49. The Morgan fingerprint density at radius 2 is 1.58 bits per heavy atom. The number of ether oxygens (including phenoxy) is 1. The molecule has 2 nitrogen and oxygen atoms in total. The Labute approximate surface area is 503 Å². The van der Waals surface area contributed by atoms with Crippen LogP contribution in [-0.4, -0.2) is 7.11 Å². The van der Waals surface area contributed by atoms with E-state index in [-0.39, 0.29) is 10.8 Å². The van der Waals surface area contributed by atoms with Crippen molar-refractivity contribution in [2.75, 3.05) is 7.11 Å². The van der Waals surface area contributed by atoms with Crippen LogP contribution in [-0.2, 0) is 16.6 Å². The fourth-order valence-corrected chi connectivity index (χ4v) is 18.2. The third-order valence-corrected chi connectivity index (χ3v) is 23.1. The van der Waals surface area contributed by atoms with E-state index in [9.17, 15) is 0 Å². The Hall–Kier alpha value is -3.99. The molecule has 0 bridgehead atoms. The molecular weight excluding hydrogens is 1020 g/mol. The van der Waals surface area contributed by atoms with Gasteiger partial charge in [-0.3, -0.25) is 0 Å². The summed E-state index contributed by atoms with van der Waals surface area (Å²) in [6, 6.07) is 9.92. The predicted molar refractivity (Wildman–Crippen MR) is 358 cm³/mol. The van der Waals surface area contributed by atoms with Crippen molar-refractivity contribution < 1.29 is 9.15 Å². The van der Waals surface area contributed by atoms with Gasteiger partial charge in [-0.1, -0.05) is 196 Å². The van der Waals surface area contributed by atoms with Crippen molar-refractivity contribution in [2.24, 2.45) is 11.3 Å². The van der Waals surface area contributed by atoms with E-state index in [0.29, 0.717) is 17.1 Å². The molecule has 2 unspecified atom stereocenters. The molecule has 3 heterocycles. The van der Waals surface area contributed by atoms with Gasteiger partial charge >= 0.3 is 0 Å². The summed E-state index contributed by atoms with van der Waals surface area (Å²) >= 11 is 4.18. The van der Waals surface area contributed by atoms with E-state index in [1.807, 2.05) is 18.8 Å². The lowest BCUT2D eigenvalue weighted by molar-refractivity contribution is 0.254. The summed E-state index contributed by atoms with van der Waals surface area (Å²) in [6.45, 7) is 27.4. The highest BCUT2D eigenvalue weighted by atomic mass is 32.2. The van der Waals surface area contributed by atoms with E-state index in [1.54, 1.807) is 27.9 Å². The highest BCUT2D eigenvalue weighted by Crippen LogP contribution is 2.62. The summed E-state index contributed by atoms with van der Waals surface area (Å²) in [6.07, 6.45) is 56.4. The van der Waals surface area contributed by atoms with Crippen molar-refractivity contribution in [1.29, 1.82) is 0 Å². The van der Waals surface area contributed by atoms with Gasteiger partial charge in [0, 0.05) is 54.9 Å². The topological polar surface area (TPSA) is 22.4 Å². The second-order valence-electron chi connectivity index (χ2n) is 25.2. The Kier molecular flexibility index (Phi) is 23.9. The van der Waals surface area contributed by atoms with E-state index >= 15 is 0 Å². The van der Waals surface area contributed by atoms with Crippen LogP contribution >= 0.6 is 23.1 Å². The Morgan fingerprint density at radius 3 is 2.25 bits per heavy atom. The molecule has 3 aromatic rings. The number of fused-ring (bicyclic) bond motifs is 3. The summed E-state index contributed by atoms with van der Waals surface area (Å²) in [7, 11) is 1.94. The van der Waals surface area contributed by atoms with Crippen LogP contribution in [0.5, 0.6) is 0 Å². The Morgan fingerprint density at radius 1 is 0.827 bits per heavy atom. The van der Waals surface area contributed by atoms with E-state index in [2.05, 4.69) is 158 Å². The quantitative estimate of drug-likeness (QED) is 0.0333. The smallest absolute Gasteiger partial charge is 0.135 e. The van der Waals surface area contributed by atoms with Crippen LogP contribution in [0, 0.1) is 18.3 Å². The number of allylic oxidation sites excluding steroid dienone is 17. The van der Waals surface area contributed by atoms with Crippen molar-refractivity contribution in [3.05, 3.63) is 168 Å². The standard InChI is InChI=1S/C77H108O2S2/c1-12-20-25-26-27-28-32-36-65-60(18-7)63-53-70(78-11)59(51-67(63)76(65,47-21-13-2)48-22-14-3)40-39-58(33-17-6)73-44-46-75(81-73)74-45-43-72(80-74)55(9)37-42-69-56(10)62-52-68-64(54-71(62)79-69)61(19-8)66(41-38-57-34-30-29-31-35-57)77(68,49-23-15-4)50-24-16-5/h12,19-20,25,33-34,43-45,51-52,54-55,63,75H,1,8,13-18,21-24,26-32,35-42,46-50,53H2,2-7,9-11H3/b25-20-,58-33+/t55?,63?,75-/m1/s1. The van der Waals surface area contributed by atoms with Crippen LogP contribution in [0.25, 0.3) is 16.5 Å². The molecule has 0 amide bonds. The second kappa shape index (κ2) is 30.7. The van der Waals surface area contributed by atoms with Gasteiger partial charge in [0.25, 0.3) is 0 Å². The van der Waals surface area contributed by atoms with Gasteiger partial charge in [0.05, 0.1) is 12.9 Å². The maximum absolute atomic E-state index is 6.94. The Bertz CT molecular complexity index is 2850. The molecule has 3 atom stereocenters. The summed E-state index contributed by atoms with van der Waals surface area (Å²) in [5.41, 5.74) is 18.8. The van der Waals surface area contributed by atoms with Gasteiger partial charge in [0.15, 0.2) is 0 Å². The molecule has 4 heteroatoms. The van der Waals surface area contributed by atoms with Gasteiger partial charge in [-0.25, -0.2) is 0 Å². The van der Waals surface area contributed by atoms with Crippen LogP contribution in [0.2, 0.25) is 0 Å². The number of methoxy groups -OCH3 is 1. The van der Waals surface area contributed by atoms with Gasteiger partial charge in [-0.05, 0) is 199 Å². The van der Waals surface area contributed by atoms with Gasteiger partial charge in [0.2, 0.25) is 0 Å². The summed E-state index contributed by atoms with van der Waals surface area (Å²) in [5, 5.41) is 1.81. The molecule has 1 aromatic carbocycles. The molecule has 2 aromatic heterocycles. The molecule has 1 aliphatic heterocycles. The van der Waals surface area contributed by atoms with Gasteiger partial charge in [-0.2, -0.15) is 0 Å². The molecule has 5 aliphatic rings. The number of unbranched alkanes of at least 4 members (excludes halogenated alkanes) is 7. The first-order valence-electron chi connectivity index (χ1n) is 33.3. The highest BCUT2D eigenvalue weighted by molar-refractivity contribution is 8.03. The first-order chi connectivity index (χ1) is 39.6. The van der Waals surface area contributed by atoms with Gasteiger partial charge in [0.1, 0.15) is 11.3 Å². The zero-order valence-corrected chi connectivity index (χ0v) is 54.3. The maximum atomic E-state index is 6.94. The molecule has 0 radical (unpaired) electrons. The van der Waals surface area contributed by atoms with Crippen LogP contribution in [0.3, 0.4) is 0 Å². The van der Waals surface area contributed by atoms with E-state index in [4.69, 9.17) is 9.15 Å². The molecule has 0 fully saturated rings. The van der Waals surface area contributed by atoms with Crippen molar-refractivity contribution in [3.63, 3.8) is 0 Å². The van der Waals surface area contributed by atoms with Gasteiger partial charge in [-0.15, -0.1) is 23.1 Å². The average Bonchev–Trinajstić information content (AvgIpc) is 4.53. The number of aryl methyl sites for hydroxylation is 2. The number of hydrogen-bond acceptors (Lipinski definition) is 4. The van der Waals surface area contributed by atoms with E-state index < -0.39 is 0 Å². The molecule has 440 valence electrons. The first-order valence-corrected chi connectivity index (χ1v) is 35.0. The largest absolute Gasteiger partial charge is 0.501 e. The molecule has 0 saturated carbocycles. The number of rotatable bonds is 35. The summed E-state index contributed by atoms with van der Waals surface area (Å²) in [5.74, 6) is 3.38. The number of benzene rings is 1. The Balaban J connectivity index is 0.937. The number of hydrogen-bond donors (Lipinski definition) is 0. The van der Waals surface area contributed by atoms with E-state index in [0.717, 1.165) is 69.8 Å². The van der Waals surface area contributed by atoms with Gasteiger partial charge < -0.3 is 9.15 Å². The average molecular weight is 1130 g/mol. The lowest BCUT2D eigenvalue weighted by atomic mass is 9.66. The monoisotopic (exact) mass is 1130 g/mol.